The average molecular weight is 351 g/mol. The first-order chi connectivity index (χ1) is 12.8. The number of benzene rings is 1. The van der Waals surface area contributed by atoms with Crippen LogP contribution in [0.2, 0.25) is 0 Å². The van der Waals surface area contributed by atoms with Crippen LogP contribution in [0.5, 0.6) is 0 Å². The number of piperidine rings is 2. The summed E-state index contributed by atoms with van der Waals surface area (Å²) < 4.78 is 2.00. The predicted octanol–water partition coefficient (Wildman–Crippen LogP) is 3.46. The van der Waals surface area contributed by atoms with Crippen LogP contribution in [0.3, 0.4) is 0 Å². The summed E-state index contributed by atoms with van der Waals surface area (Å²) in [5.41, 5.74) is 1.03. The fourth-order valence-corrected chi connectivity index (χ4v) is 4.76. The molecule has 26 heavy (non-hydrogen) atoms. The third kappa shape index (κ3) is 3.70. The standard InChI is InChI=1S/C22H29N3O/c26-22(21(25-14-6-7-15-25)18-9-2-1-3-10-18)23-17-19-11-8-16-24-13-5-4-12-20(19)24/h1-3,6-7,9-10,14-15,19-21H,4-5,8,11-13,16-17H2,(H,23,26). The fraction of sp³-hybridized carbons (Fsp3) is 0.500. The van der Waals surface area contributed by atoms with E-state index in [1.54, 1.807) is 0 Å². The number of carbonyl (C=O) groups is 1. The summed E-state index contributed by atoms with van der Waals surface area (Å²) in [5.74, 6) is 0.689. The van der Waals surface area contributed by atoms with E-state index in [0.717, 1.165) is 12.1 Å². The molecule has 1 aromatic carbocycles. The van der Waals surface area contributed by atoms with Crippen LogP contribution >= 0.6 is 0 Å². The minimum Gasteiger partial charge on any atom is -0.354 e. The van der Waals surface area contributed by atoms with Crippen molar-refractivity contribution in [3.05, 3.63) is 60.4 Å². The molecule has 1 aromatic heterocycles. The molecule has 3 heterocycles. The molecule has 0 saturated carbocycles. The molecule has 2 saturated heterocycles. The molecule has 4 nitrogen and oxygen atoms in total. The second-order valence-electron chi connectivity index (χ2n) is 7.69. The Kier molecular flexibility index (Phi) is 5.40. The number of aromatic nitrogens is 1. The highest BCUT2D eigenvalue weighted by molar-refractivity contribution is 5.83. The first-order valence-electron chi connectivity index (χ1n) is 10.0. The fourth-order valence-electron chi connectivity index (χ4n) is 4.76. The van der Waals surface area contributed by atoms with Crippen molar-refractivity contribution in [3.63, 3.8) is 0 Å². The Hall–Kier alpha value is -2.07. The zero-order valence-electron chi connectivity index (χ0n) is 15.4. The average Bonchev–Trinajstić information content (AvgIpc) is 3.21. The summed E-state index contributed by atoms with van der Waals surface area (Å²) >= 11 is 0. The van der Waals surface area contributed by atoms with Crippen LogP contribution in [-0.2, 0) is 4.79 Å². The Morgan fingerprint density at radius 2 is 1.77 bits per heavy atom. The van der Waals surface area contributed by atoms with Crippen molar-refractivity contribution in [3.8, 4) is 0 Å². The molecule has 4 rings (SSSR count). The van der Waals surface area contributed by atoms with E-state index in [1.165, 1.54) is 45.2 Å². The normalized spacial score (nSPS) is 24.6. The van der Waals surface area contributed by atoms with E-state index in [2.05, 4.69) is 10.2 Å². The lowest BCUT2D eigenvalue weighted by molar-refractivity contribution is -0.123. The van der Waals surface area contributed by atoms with Crippen molar-refractivity contribution in [2.45, 2.75) is 44.2 Å². The number of fused-ring (bicyclic) bond motifs is 1. The van der Waals surface area contributed by atoms with Gasteiger partial charge in [-0.05, 0) is 62.4 Å². The van der Waals surface area contributed by atoms with Crippen LogP contribution in [-0.4, -0.2) is 41.1 Å². The molecule has 2 aliphatic rings. The summed E-state index contributed by atoms with van der Waals surface area (Å²) in [6, 6.07) is 14.4. The van der Waals surface area contributed by atoms with E-state index < -0.39 is 0 Å². The van der Waals surface area contributed by atoms with Gasteiger partial charge in [0.05, 0.1) is 0 Å². The van der Waals surface area contributed by atoms with Crippen LogP contribution in [0.4, 0.5) is 0 Å². The molecule has 1 N–H and O–H groups in total. The molecule has 0 radical (unpaired) electrons. The van der Waals surface area contributed by atoms with Crippen molar-refractivity contribution in [2.75, 3.05) is 19.6 Å². The van der Waals surface area contributed by atoms with Gasteiger partial charge in [-0.1, -0.05) is 36.8 Å². The maximum atomic E-state index is 13.1. The lowest BCUT2D eigenvalue weighted by atomic mass is 9.83. The Labute approximate surface area is 156 Å². The zero-order valence-corrected chi connectivity index (χ0v) is 15.4. The van der Waals surface area contributed by atoms with E-state index in [0.29, 0.717) is 12.0 Å². The van der Waals surface area contributed by atoms with E-state index in [9.17, 15) is 4.79 Å². The topological polar surface area (TPSA) is 37.3 Å². The Bertz CT molecular complexity index is 695. The maximum absolute atomic E-state index is 13.1. The van der Waals surface area contributed by atoms with E-state index in [4.69, 9.17) is 0 Å². The molecular weight excluding hydrogens is 322 g/mol. The lowest BCUT2D eigenvalue weighted by Crippen LogP contribution is -2.51. The molecule has 1 amide bonds. The van der Waals surface area contributed by atoms with Crippen molar-refractivity contribution in [2.24, 2.45) is 5.92 Å². The van der Waals surface area contributed by atoms with Crippen LogP contribution < -0.4 is 5.32 Å². The lowest BCUT2D eigenvalue weighted by Gasteiger charge is -2.44. The number of carbonyl (C=O) groups excluding carboxylic acids is 1. The molecule has 2 fully saturated rings. The van der Waals surface area contributed by atoms with Crippen molar-refractivity contribution >= 4 is 5.91 Å². The molecule has 3 unspecified atom stereocenters. The van der Waals surface area contributed by atoms with Gasteiger partial charge < -0.3 is 14.8 Å². The smallest absolute Gasteiger partial charge is 0.247 e. The molecule has 0 bridgehead atoms. The van der Waals surface area contributed by atoms with E-state index >= 15 is 0 Å². The van der Waals surface area contributed by atoms with Crippen LogP contribution in [0.25, 0.3) is 0 Å². The number of hydrogen-bond acceptors (Lipinski definition) is 2. The predicted molar refractivity (Wildman–Crippen MR) is 104 cm³/mol. The second-order valence-corrected chi connectivity index (χ2v) is 7.69. The molecule has 2 aliphatic heterocycles. The van der Waals surface area contributed by atoms with Gasteiger partial charge in [0.25, 0.3) is 0 Å². The number of nitrogens with one attached hydrogen (secondary N) is 1. The summed E-state index contributed by atoms with van der Waals surface area (Å²) in [6.45, 7) is 3.28. The van der Waals surface area contributed by atoms with Gasteiger partial charge in [-0.15, -0.1) is 0 Å². The minimum absolute atomic E-state index is 0.0975. The quantitative estimate of drug-likeness (QED) is 0.896. The second kappa shape index (κ2) is 8.09. The monoisotopic (exact) mass is 351 g/mol. The minimum atomic E-state index is -0.294. The van der Waals surface area contributed by atoms with Gasteiger partial charge in [-0.3, -0.25) is 4.79 Å². The Morgan fingerprint density at radius 3 is 2.58 bits per heavy atom. The molecule has 0 aliphatic carbocycles. The molecule has 2 aromatic rings. The summed E-state index contributed by atoms with van der Waals surface area (Å²) in [7, 11) is 0. The highest BCUT2D eigenvalue weighted by Gasteiger charge is 2.33. The Balaban J connectivity index is 1.45. The van der Waals surface area contributed by atoms with Crippen molar-refractivity contribution < 1.29 is 4.79 Å². The van der Waals surface area contributed by atoms with E-state index in [1.807, 2.05) is 59.4 Å². The SMILES string of the molecule is O=C(NCC1CCCN2CCCCC12)C(c1ccccc1)n1cccc1. The third-order valence-electron chi connectivity index (χ3n) is 6.06. The van der Waals surface area contributed by atoms with Crippen LogP contribution in [0.15, 0.2) is 54.9 Å². The highest BCUT2D eigenvalue weighted by atomic mass is 16.2. The van der Waals surface area contributed by atoms with Crippen molar-refractivity contribution in [1.82, 2.24) is 14.8 Å². The number of hydrogen-bond donors (Lipinski definition) is 1. The summed E-state index contributed by atoms with van der Waals surface area (Å²) in [5, 5.41) is 3.29. The maximum Gasteiger partial charge on any atom is 0.247 e. The van der Waals surface area contributed by atoms with E-state index in [-0.39, 0.29) is 11.9 Å². The van der Waals surface area contributed by atoms with Crippen molar-refractivity contribution in [1.29, 1.82) is 0 Å². The third-order valence-corrected chi connectivity index (χ3v) is 6.06. The molecule has 138 valence electrons. The van der Waals surface area contributed by atoms with Gasteiger partial charge in [-0.25, -0.2) is 0 Å². The van der Waals surface area contributed by atoms with Gasteiger partial charge in [-0.2, -0.15) is 0 Å². The molecule has 4 heteroatoms. The first-order valence-corrected chi connectivity index (χ1v) is 10.0. The van der Waals surface area contributed by atoms with Gasteiger partial charge in [0, 0.05) is 25.0 Å². The molecule has 0 spiro atoms. The molecule has 3 atom stereocenters. The largest absolute Gasteiger partial charge is 0.354 e. The number of rotatable bonds is 5. The van der Waals surface area contributed by atoms with Gasteiger partial charge in [0.1, 0.15) is 6.04 Å². The van der Waals surface area contributed by atoms with Gasteiger partial charge in [0.2, 0.25) is 5.91 Å². The number of nitrogens with zero attached hydrogens (tertiary/aromatic N) is 2. The highest BCUT2D eigenvalue weighted by Crippen LogP contribution is 2.30. The summed E-state index contributed by atoms with van der Waals surface area (Å²) in [4.78, 5) is 15.8. The first kappa shape index (κ1) is 17.3. The Morgan fingerprint density at radius 1 is 1.00 bits per heavy atom. The zero-order chi connectivity index (χ0) is 17.8. The van der Waals surface area contributed by atoms with Crippen LogP contribution in [0.1, 0.15) is 43.7 Å². The summed E-state index contributed by atoms with van der Waals surface area (Å²) in [6.07, 6.45) is 10.4. The number of amides is 1. The molecular formula is C22H29N3O. The van der Waals surface area contributed by atoms with Gasteiger partial charge >= 0.3 is 0 Å². The van der Waals surface area contributed by atoms with Crippen LogP contribution in [0, 0.1) is 5.92 Å². The van der Waals surface area contributed by atoms with Gasteiger partial charge in [0.15, 0.2) is 0 Å².